The van der Waals surface area contributed by atoms with Gasteiger partial charge in [0.25, 0.3) is 0 Å². The van der Waals surface area contributed by atoms with Crippen LogP contribution in [0.5, 0.6) is 0 Å². The van der Waals surface area contributed by atoms with Gasteiger partial charge < -0.3 is 0 Å². The van der Waals surface area contributed by atoms with Crippen molar-refractivity contribution in [3.05, 3.63) is 33.7 Å². The Balaban J connectivity index is 2.48. The van der Waals surface area contributed by atoms with Crippen molar-refractivity contribution in [2.75, 3.05) is 5.75 Å². The van der Waals surface area contributed by atoms with Gasteiger partial charge in [0.15, 0.2) is 21.3 Å². The van der Waals surface area contributed by atoms with Gasteiger partial charge in [-0.05, 0) is 12.2 Å². The van der Waals surface area contributed by atoms with Crippen LogP contribution in [0.4, 0.5) is 0 Å². The van der Waals surface area contributed by atoms with Crippen molar-refractivity contribution in [2.45, 2.75) is 0 Å². The normalized spacial score (nSPS) is 29.4. The fraction of sp³-hybridized carbons (Fsp3) is 0.143. The first kappa shape index (κ1) is 6.84. The van der Waals surface area contributed by atoms with Crippen LogP contribution in [0, 0.1) is 0 Å². The first-order valence-electron chi connectivity index (χ1n) is 2.93. The molecule has 0 fully saturated rings. The lowest BCUT2D eigenvalue weighted by molar-refractivity contribution is 1.64. The van der Waals surface area contributed by atoms with Crippen LogP contribution in [0.1, 0.15) is 0 Å². The van der Waals surface area contributed by atoms with E-state index < -0.39 is 0 Å². The second-order valence-electron chi connectivity index (χ2n) is 2.18. The van der Waals surface area contributed by atoms with Gasteiger partial charge in [-0.2, -0.15) is 0 Å². The summed E-state index contributed by atoms with van der Waals surface area (Å²) in [5, 5.41) is 0.915. The van der Waals surface area contributed by atoms with E-state index in [-0.39, 0.29) is 10.1 Å². The highest BCUT2D eigenvalue weighted by atomic mass is 35.7. The van der Waals surface area contributed by atoms with Gasteiger partial charge in [0, 0.05) is 0 Å². The third-order valence-corrected chi connectivity index (χ3v) is 4.26. The molecule has 0 aromatic heterocycles. The Morgan fingerprint density at radius 2 is 2.30 bits per heavy atom. The van der Waals surface area contributed by atoms with Crippen LogP contribution in [-0.4, -0.2) is 5.75 Å². The lowest BCUT2D eigenvalue weighted by atomic mass is 10.3. The summed E-state index contributed by atoms with van der Waals surface area (Å²) >= 11 is 5.92. The van der Waals surface area contributed by atoms with Gasteiger partial charge in [-0.1, -0.05) is 17.7 Å². The highest BCUT2D eigenvalue weighted by Crippen LogP contribution is 2.39. The smallest absolute Gasteiger partial charge is 0.0830 e. The summed E-state index contributed by atoms with van der Waals surface area (Å²) < 4.78 is 0. The maximum atomic E-state index is 6.00. The van der Waals surface area contributed by atoms with E-state index in [0.29, 0.717) is 0 Å². The summed E-state index contributed by atoms with van der Waals surface area (Å²) in [6, 6.07) is 0. The Bertz CT molecular complexity index is 263. The third kappa shape index (κ3) is 0.849. The monoisotopic (exact) mass is 191 g/mol. The standard InChI is InChI=1S/C7H5Cl2S/c8-6-4-10(9)7-3-1-2-5(6)7/h1-3H,4H2/q+1. The number of allylic oxidation sites excluding steroid dienone is 4. The quantitative estimate of drug-likeness (QED) is 0.517. The summed E-state index contributed by atoms with van der Waals surface area (Å²) in [5.74, 6) is 0.828. The minimum Gasteiger partial charge on any atom is -0.0830 e. The second kappa shape index (κ2) is 2.33. The van der Waals surface area contributed by atoms with E-state index in [1.165, 1.54) is 4.91 Å². The van der Waals surface area contributed by atoms with Gasteiger partial charge in [-0.25, -0.2) is 0 Å². The molecule has 1 atom stereocenters. The van der Waals surface area contributed by atoms with Gasteiger partial charge in [-0.15, -0.1) is 0 Å². The zero-order chi connectivity index (χ0) is 7.14. The number of rotatable bonds is 0. The van der Waals surface area contributed by atoms with Crippen LogP contribution in [0.25, 0.3) is 0 Å². The summed E-state index contributed by atoms with van der Waals surface area (Å²) in [5.41, 5.74) is 1.15. The Morgan fingerprint density at radius 3 is 3.00 bits per heavy atom. The van der Waals surface area contributed by atoms with E-state index in [2.05, 4.69) is 0 Å². The van der Waals surface area contributed by atoms with Crippen LogP contribution >= 0.6 is 22.3 Å². The van der Waals surface area contributed by atoms with Crippen molar-refractivity contribution >= 4 is 32.4 Å². The topological polar surface area (TPSA) is 0 Å². The van der Waals surface area contributed by atoms with E-state index in [1.807, 2.05) is 18.2 Å². The predicted molar refractivity (Wildman–Crippen MR) is 48.2 cm³/mol. The SMILES string of the molecule is ClC1=C2C=CC=C2[S+](Cl)C1. The molecule has 0 nitrogen and oxygen atoms in total. The number of halogens is 2. The van der Waals surface area contributed by atoms with E-state index in [4.69, 9.17) is 22.3 Å². The molecule has 0 saturated heterocycles. The average Bonchev–Trinajstić information content (AvgIpc) is 2.39. The molecule has 52 valence electrons. The number of hydrogen-bond donors (Lipinski definition) is 0. The predicted octanol–water partition coefficient (Wildman–Crippen LogP) is 2.72. The summed E-state index contributed by atoms with van der Waals surface area (Å²) in [4.78, 5) is 1.21. The molecule has 0 N–H and O–H groups in total. The van der Waals surface area contributed by atoms with Crippen molar-refractivity contribution in [3.8, 4) is 0 Å². The molecule has 0 aromatic carbocycles. The maximum absolute atomic E-state index is 6.00. The first-order valence-corrected chi connectivity index (χ1v) is 5.53. The number of fused-ring (bicyclic) bond motifs is 1. The van der Waals surface area contributed by atoms with Gasteiger partial charge >= 0.3 is 0 Å². The molecule has 1 heterocycles. The van der Waals surface area contributed by atoms with E-state index in [1.54, 1.807) is 0 Å². The van der Waals surface area contributed by atoms with E-state index >= 15 is 0 Å². The van der Waals surface area contributed by atoms with Gasteiger partial charge in [0.1, 0.15) is 10.1 Å². The molecule has 0 aromatic rings. The molecule has 1 unspecified atom stereocenters. The minimum absolute atomic E-state index is 0.144. The molecule has 3 heteroatoms. The van der Waals surface area contributed by atoms with Gasteiger partial charge in [0.2, 0.25) is 0 Å². The van der Waals surface area contributed by atoms with Crippen LogP contribution < -0.4 is 0 Å². The summed E-state index contributed by atoms with van der Waals surface area (Å²) in [6.45, 7) is 0. The zero-order valence-corrected chi connectivity index (χ0v) is 7.43. The molecular formula is C7H5Cl2S+. The van der Waals surface area contributed by atoms with E-state index in [0.717, 1.165) is 16.4 Å². The fourth-order valence-corrected chi connectivity index (χ4v) is 3.72. The molecule has 2 aliphatic rings. The lowest BCUT2D eigenvalue weighted by Gasteiger charge is -1.84. The lowest BCUT2D eigenvalue weighted by Crippen LogP contribution is -1.91. The highest BCUT2D eigenvalue weighted by Gasteiger charge is 2.37. The minimum atomic E-state index is -0.144. The van der Waals surface area contributed by atoms with Crippen LogP contribution in [0.15, 0.2) is 33.7 Å². The molecule has 0 radical (unpaired) electrons. The summed E-state index contributed by atoms with van der Waals surface area (Å²) in [7, 11) is 5.86. The molecule has 10 heavy (non-hydrogen) atoms. The first-order chi connectivity index (χ1) is 4.79. The van der Waals surface area contributed by atoms with Crippen molar-refractivity contribution in [1.82, 2.24) is 0 Å². The molecule has 2 rings (SSSR count). The van der Waals surface area contributed by atoms with Crippen molar-refractivity contribution < 1.29 is 0 Å². The van der Waals surface area contributed by atoms with Gasteiger partial charge in [0.05, 0.1) is 10.6 Å². The average molecular weight is 192 g/mol. The molecule has 1 aliphatic heterocycles. The largest absolute Gasteiger partial charge is 0.183 e. The highest BCUT2D eigenvalue weighted by molar-refractivity contribution is 8.21. The Kier molecular flexibility index (Phi) is 1.59. The van der Waals surface area contributed by atoms with Crippen molar-refractivity contribution in [1.29, 1.82) is 0 Å². The maximum Gasteiger partial charge on any atom is 0.183 e. The van der Waals surface area contributed by atoms with E-state index in [9.17, 15) is 0 Å². The molecular weight excluding hydrogens is 187 g/mol. The fourth-order valence-electron chi connectivity index (χ4n) is 1.09. The zero-order valence-electron chi connectivity index (χ0n) is 5.10. The van der Waals surface area contributed by atoms with Crippen LogP contribution in [-0.2, 0) is 10.1 Å². The Hall–Kier alpha value is 0.150. The second-order valence-corrected chi connectivity index (χ2v) is 5.15. The number of hydrogen-bond acceptors (Lipinski definition) is 0. The third-order valence-electron chi connectivity index (χ3n) is 1.56. The van der Waals surface area contributed by atoms with Gasteiger partial charge in [-0.3, -0.25) is 0 Å². The van der Waals surface area contributed by atoms with Crippen molar-refractivity contribution in [3.63, 3.8) is 0 Å². The molecule has 0 amide bonds. The molecule has 0 saturated carbocycles. The molecule has 1 aliphatic carbocycles. The summed E-state index contributed by atoms with van der Waals surface area (Å²) in [6.07, 6.45) is 6.06. The van der Waals surface area contributed by atoms with Crippen LogP contribution in [0.2, 0.25) is 0 Å². The molecule has 0 bridgehead atoms. The molecule has 0 spiro atoms. The van der Waals surface area contributed by atoms with Crippen molar-refractivity contribution in [2.24, 2.45) is 0 Å². The Labute approximate surface area is 72.0 Å². The van der Waals surface area contributed by atoms with Crippen LogP contribution in [0.3, 0.4) is 0 Å². The Morgan fingerprint density at radius 1 is 1.50 bits per heavy atom.